The Kier molecular flexibility index (Phi) is 7.76. The van der Waals surface area contributed by atoms with Gasteiger partial charge in [0.25, 0.3) is 11.8 Å². The van der Waals surface area contributed by atoms with Crippen LogP contribution in [0.5, 0.6) is 0 Å². The molecule has 1 aromatic carbocycles. The van der Waals surface area contributed by atoms with Crippen molar-refractivity contribution in [3.63, 3.8) is 0 Å². The first-order valence-electron chi connectivity index (χ1n) is 9.15. The second-order valence-electron chi connectivity index (χ2n) is 6.26. The summed E-state index contributed by atoms with van der Waals surface area (Å²) >= 11 is 0. The van der Waals surface area contributed by atoms with E-state index in [9.17, 15) is 14.4 Å². The largest absolute Gasteiger partial charge is 0.454 e. The summed E-state index contributed by atoms with van der Waals surface area (Å²) in [4.78, 5) is 39.8. The predicted molar refractivity (Wildman–Crippen MR) is 104 cm³/mol. The number of carbonyl (C=O) groups excluding carboxylic acids is 3. The van der Waals surface area contributed by atoms with Crippen LogP contribution >= 0.6 is 0 Å². The Bertz CT molecular complexity index is 800. The number of hydrogen-bond acceptors (Lipinski definition) is 5. The van der Waals surface area contributed by atoms with E-state index < -0.39 is 11.8 Å². The lowest BCUT2D eigenvalue weighted by Crippen LogP contribution is -2.46. The maximum absolute atomic E-state index is 12.2. The molecule has 150 valence electrons. The molecular formula is C20H26N4O4. The molecule has 0 radical (unpaired) electrons. The zero-order chi connectivity index (χ0) is 20.5. The molecule has 0 saturated carbocycles. The van der Waals surface area contributed by atoms with Crippen molar-refractivity contribution in [1.82, 2.24) is 20.7 Å². The maximum atomic E-state index is 12.2. The zero-order valence-corrected chi connectivity index (χ0v) is 16.4. The summed E-state index contributed by atoms with van der Waals surface area (Å²) in [7, 11) is 1.52. The Hall–Kier alpha value is -3.13. The van der Waals surface area contributed by atoms with Crippen LogP contribution in [-0.4, -0.2) is 54.2 Å². The Morgan fingerprint density at radius 2 is 1.64 bits per heavy atom. The molecule has 0 spiro atoms. The quantitative estimate of drug-likeness (QED) is 0.673. The van der Waals surface area contributed by atoms with Gasteiger partial charge in [0.1, 0.15) is 12.3 Å². The van der Waals surface area contributed by atoms with Gasteiger partial charge in [0.05, 0.1) is 6.54 Å². The van der Waals surface area contributed by atoms with Crippen molar-refractivity contribution in [3.8, 4) is 0 Å². The van der Waals surface area contributed by atoms with Crippen molar-refractivity contribution in [2.45, 2.75) is 20.4 Å². The topological polar surface area (TPSA) is 94.9 Å². The fourth-order valence-electron chi connectivity index (χ4n) is 2.57. The Morgan fingerprint density at radius 3 is 2.29 bits per heavy atom. The summed E-state index contributed by atoms with van der Waals surface area (Å²) in [5, 5.41) is 0. The number of hydrogen-bond donors (Lipinski definition) is 2. The molecule has 8 heteroatoms. The van der Waals surface area contributed by atoms with Gasteiger partial charge in [-0.1, -0.05) is 32.0 Å². The molecule has 2 rings (SSSR count). The molecule has 0 atom stereocenters. The van der Waals surface area contributed by atoms with E-state index in [2.05, 4.69) is 29.6 Å². The molecular weight excluding hydrogens is 360 g/mol. The first kappa shape index (κ1) is 21.2. The van der Waals surface area contributed by atoms with Gasteiger partial charge in [-0.3, -0.25) is 30.1 Å². The van der Waals surface area contributed by atoms with Crippen LogP contribution in [-0.2, 0) is 11.3 Å². The van der Waals surface area contributed by atoms with E-state index in [1.165, 1.54) is 11.9 Å². The first-order chi connectivity index (χ1) is 13.4. The van der Waals surface area contributed by atoms with Crippen LogP contribution in [0.1, 0.15) is 40.5 Å². The van der Waals surface area contributed by atoms with Gasteiger partial charge in [0.15, 0.2) is 5.76 Å². The third-order valence-electron chi connectivity index (χ3n) is 4.22. The lowest BCUT2D eigenvalue weighted by molar-refractivity contribution is -0.122. The van der Waals surface area contributed by atoms with Crippen molar-refractivity contribution in [2.75, 3.05) is 26.7 Å². The highest BCUT2D eigenvalue weighted by Gasteiger charge is 2.17. The number of nitrogens with zero attached hydrogens (tertiary/aromatic N) is 2. The number of nitrogens with one attached hydrogen (secondary N) is 2. The standard InChI is InChI=1S/C20H26N4O4/c1-4-24(5-2)13-16-11-12-17(28-16)19(26)22-21-18(25)14-23(3)20(27)15-9-7-6-8-10-15/h6-12H,4-5,13-14H2,1-3H3,(H,21,25)(H,22,26). The van der Waals surface area contributed by atoms with Gasteiger partial charge < -0.3 is 9.32 Å². The molecule has 0 aliphatic carbocycles. The third kappa shape index (κ3) is 5.95. The number of hydrazine groups is 1. The molecule has 3 amide bonds. The smallest absolute Gasteiger partial charge is 0.305 e. The molecule has 28 heavy (non-hydrogen) atoms. The average molecular weight is 386 g/mol. The van der Waals surface area contributed by atoms with Gasteiger partial charge in [-0.05, 0) is 37.4 Å². The van der Waals surface area contributed by atoms with Gasteiger partial charge in [0, 0.05) is 12.6 Å². The molecule has 1 heterocycles. The Balaban J connectivity index is 1.81. The molecule has 1 aromatic heterocycles. The van der Waals surface area contributed by atoms with Gasteiger partial charge in [0.2, 0.25) is 0 Å². The molecule has 8 nitrogen and oxygen atoms in total. The van der Waals surface area contributed by atoms with Gasteiger partial charge in [-0.15, -0.1) is 0 Å². The maximum Gasteiger partial charge on any atom is 0.305 e. The molecule has 2 N–H and O–H groups in total. The zero-order valence-electron chi connectivity index (χ0n) is 16.4. The number of benzene rings is 1. The summed E-state index contributed by atoms with van der Waals surface area (Å²) in [6.45, 7) is 6.27. The number of furan rings is 1. The fraction of sp³-hybridized carbons (Fsp3) is 0.350. The van der Waals surface area contributed by atoms with E-state index in [-0.39, 0.29) is 18.2 Å². The molecule has 0 saturated heterocycles. The van der Waals surface area contributed by atoms with Crippen LogP contribution in [0.25, 0.3) is 0 Å². The number of amides is 3. The number of rotatable bonds is 8. The lowest BCUT2D eigenvalue weighted by Gasteiger charge is -2.17. The summed E-state index contributed by atoms with van der Waals surface area (Å²) < 4.78 is 5.52. The minimum atomic E-state index is -0.559. The van der Waals surface area contributed by atoms with Crippen LogP contribution in [0, 0.1) is 0 Å². The highest BCUT2D eigenvalue weighted by molar-refractivity contribution is 5.97. The average Bonchev–Trinajstić information content (AvgIpc) is 3.18. The second-order valence-corrected chi connectivity index (χ2v) is 6.26. The molecule has 0 aliphatic heterocycles. The van der Waals surface area contributed by atoms with Crippen molar-refractivity contribution in [3.05, 3.63) is 59.5 Å². The lowest BCUT2D eigenvalue weighted by atomic mass is 10.2. The van der Waals surface area contributed by atoms with E-state index in [1.807, 2.05) is 0 Å². The Morgan fingerprint density at radius 1 is 0.964 bits per heavy atom. The van der Waals surface area contributed by atoms with E-state index in [4.69, 9.17) is 4.42 Å². The van der Waals surface area contributed by atoms with E-state index in [1.54, 1.807) is 42.5 Å². The molecule has 0 fully saturated rings. The van der Waals surface area contributed by atoms with E-state index in [0.717, 1.165) is 13.1 Å². The second kappa shape index (κ2) is 10.3. The Labute approximate surface area is 164 Å². The van der Waals surface area contributed by atoms with Crippen LogP contribution in [0.15, 0.2) is 46.9 Å². The van der Waals surface area contributed by atoms with Crippen molar-refractivity contribution in [2.24, 2.45) is 0 Å². The third-order valence-corrected chi connectivity index (χ3v) is 4.22. The normalized spacial score (nSPS) is 10.6. The molecule has 0 bridgehead atoms. The minimum absolute atomic E-state index is 0.108. The van der Waals surface area contributed by atoms with Gasteiger partial charge >= 0.3 is 5.91 Å². The van der Waals surface area contributed by atoms with Gasteiger partial charge in [-0.2, -0.15) is 0 Å². The van der Waals surface area contributed by atoms with Crippen LogP contribution < -0.4 is 10.9 Å². The van der Waals surface area contributed by atoms with Crippen LogP contribution in [0.4, 0.5) is 0 Å². The summed E-state index contributed by atoms with van der Waals surface area (Å²) in [5.74, 6) is -0.579. The minimum Gasteiger partial charge on any atom is -0.454 e. The summed E-state index contributed by atoms with van der Waals surface area (Å²) in [6, 6.07) is 11.9. The van der Waals surface area contributed by atoms with E-state index >= 15 is 0 Å². The summed E-state index contributed by atoms with van der Waals surface area (Å²) in [6.07, 6.45) is 0. The molecule has 2 aromatic rings. The van der Waals surface area contributed by atoms with Crippen molar-refractivity contribution < 1.29 is 18.8 Å². The van der Waals surface area contributed by atoms with Gasteiger partial charge in [-0.25, -0.2) is 0 Å². The van der Waals surface area contributed by atoms with Crippen LogP contribution in [0.3, 0.4) is 0 Å². The number of likely N-dealkylation sites (N-methyl/N-ethyl adjacent to an activating group) is 1. The monoisotopic (exact) mass is 386 g/mol. The highest BCUT2D eigenvalue weighted by Crippen LogP contribution is 2.10. The van der Waals surface area contributed by atoms with Crippen molar-refractivity contribution >= 4 is 17.7 Å². The SMILES string of the molecule is CCN(CC)Cc1ccc(C(=O)NNC(=O)CN(C)C(=O)c2ccccc2)o1. The van der Waals surface area contributed by atoms with E-state index in [0.29, 0.717) is 17.9 Å². The predicted octanol–water partition coefficient (Wildman–Crippen LogP) is 1.65. The van der Waals surface area contributed by atoms with Crippen LogP contribution in [0.2, 0.25) is 0 Å². The number of carbonyl (C=O) groups is 3. The fourth-order valence-corrected chi connectivity index (χ4v) is 2.57. The first-order valence-corrected chi connectivity index (χ1v) is 9.15. The van der Waals surface area contributed by atoms with Crippen molar-refractivity contribution in [1.29, 1.82) is 0 Å². The molecule has 0 unspecified atom stereocenters. The highest BCUT2D eigenvalue weighted by atomic mass is 16.4. The molecule has 0 aliphatic rings. The summed E-state index contributed by atoms with van der Waals surface area (Å²) in [5.41, 5.74) is 5.07.